The van der Waals surface area contributed by atoms with Crippen molar-refractivity contribution in [2.75, 3.05) is 113 Å². The zero-order valence-corrected chi connectivity index (χ0v) is 77.3. The summed E-state index contributed by atoms with van der Waals surface area (Å²) in [6, 6.07) is 34.5. The van der Waals surface area contributed by atoms with Crippen LogP contribution in [0.3, 0.4) is 0 Å². The van der Waals surface area contributed by atoms with Crippen LogP contribution in [0, 0.1) is 24.7 Å². The van der Waals surface area contributed by atoms with Gasteiger partial charge < -0.3 is 88.3 Å². The Balaban J connectivity index is 0.000000130. The van der Waals surface area contributed by atoms with Crippen molar-refractivity contribution >= 4 is 133 Å². The fourth-order valence-corrected chi connectivity index (χ4v) is 16.4. The van der Waals surface area contributed by atoms with Crippen LogP contribution in [0.15, 0.2) is 159 Å². The van der Waals surface area contributed by atoms with Gasteiger partial charge in [-0.3, -0.25) is 52.3 Å². The predicted octanol–water partition coefficient (Wildman–Crippen LogP) is 12.7. The number of rotatable bonds is 21. The van der Waals surface area contributed by atoms with Crippen LogP contribution >= 0.6 is 0 Å². The van der Waals surface area contributed by atoms with Gasteiger partial charge in [0.25, 0.3) is 29.5 Å². The van der Waals surface area contributed by atoms with Crippen molar-refractivity contribution in [3.8, 4) is 50.8 Å². The standard InChI is InChI=1S/C25H29N7O2.C24H24N8O2.C24H27N7O2.C23H27N7O3/c1-14(2)32-13-16-12-31(4)23-17(22(16)30-32)6-5-7-19(23)28-20-10-21(29-24(33)15-8-9-15)27-11-18(20)25(34)26-3;1-14-7-8-19(26-12-14)28-20-11-18(22(30-29-20)24(33)25-2)27-17-6-4-5-16-21-15(13-32(3)31-21)9-10-34-23(16)17;1-13-8-16(13)24(33)28-20-9-19(17(10-26-20)23(32)25-2)27-18-7-5-6-15-21-14(12-31(4)29-21)11-30(3)22(15)18;1-23(2,33)22(32)27-18-9-17(15(10-25-18)21(31)24-3)26-16-8-6-7-14-19-13(12-30(5)28-19)11-29(4)20(14)16/h5-7,10-11,13-15H,8-9,12H2,1-4H3,(H,26,34)(H2,27,28,29,33);4-8,11-13H,9-10H2,1-3H3,(H,25,33)(H2,26,27,28,29);5-7,9-10,12-13,16H,8,11H2,1-4H3,(H,25,32)(H2,26,27,28,33);6-10,12,33H,11H2,1-5H3,(H,24,31)(H2,25,26,27,32)/t;;13-,16-;/m..0./s1. The van der Waals surface area contributed by atoms with Crippen molar-refractivity contribution in [3.05, 3.63) is 209 Å². The molecule has 13 aromatic rings. The molecular weight excluding hydrogens is 1700 g/mol. The van der Waals surface area contributed by atoms with E-state index < -0.39 is 11.5 Å². The van der Waals surface area contributed by atoms with Crippen molar-refractivity contribution in [3.63, 3.8) is 0 Å². The highest BCUT2D eigenvalue weighted by atomic mass is 16.5. The minimum atomic E-state index is -1.57. The Morgan fingerprint density at radius 3 is 1.30 bits per heavy atom. The molecular formula is C96H107N29O9. The lowest BCUT2D eigenvalue weighted by Gasteiger charge is -2.29. The molecule has 2 saturated carbocycles. The summed E-state index contributed by atoms with van der Waals surface area (Å²) < 4.78 is 13.6. The maximum absolute atomic E-state index is 12.6. The van der Waals surface area contributed by atoms with Gasteiger partial charge in [0.05, 0.1) is 109 Å². The molecule has 38 heteroatoms. The molecule has 4 aromatic carbocycles. The summed E-state index contributed by atoms with van der Waals surface area (Å²) in [5, 5.41) is 72.6. The Kier molecular flexibility index (Phi) is 25.9. The van der Waals surface area contributed by atoms with Gasteiger partial charge in [-0.15, -0.1) is 10.2 Å². The minimum Gasteiger partial charge on any atom is -0.490 e. The molecule has 4 aliphatic heterocycles. The quantitative estimate of drug-likeness (QED) is 0.0318. The van der Waals surface area contributed by atoms with E-state index in [0.717, 1.165) is 135 Å². The highest BCUT2D eigenvalue weighted by Gasteiger charge is 2.40. The summed E-state index contributed by atoms with van der Waals surface area (Å²) in [5.41, 5.74) is 21.3. The third-order valence-corrected chi connectivity index (χ3v) is 23.5. The molecule has 0 bridgehead atoms. The van der Waals surface area contributed by atoms with Gasteiger partial charge in [0.15, 0.2) is 17.3 Å². The zero-order chi connectivity index (χ0) is 94.8. The second-order valence-electron chi connectivity index (χ2n) is 34.6. The van der Waals surface area contributed by atoms with Crippen LogP contribution in [-0.2, 0) is 61.6 Å². The number of nitrogens with one attached hydrogen (secondary N) is 12. The molecule has 7 amide bonds. The fraction of sp³-hybridized carbons (Fsp3) is 0.302. The van der Waals surface area contributed by atoms with Gasteiger partial charge >= 0.3 is 0 Å². The largest absolute Gasteiger partial charge is 0.490 e. The van der Waals surface area contributed by atoms with Gasteiger partial charge in [-0.05, 0) is 102 Å². The number of pyridine rings is 4. The Labute approximate surface area is 773 Å². The molecule has 19 rings (SSSR count). The third kappa shape index (κ3) is 19.7. The molecule has 690 valence electrons. The summed E-state index contributed by atoms with van der Waals surface area (Å²) in [6.07, 6.45) is 17.8. The highest BCUT2D eigenvalue weighted by molar-refractivity contribution is 6.07. The number of fused-ring (bicyclic) bond motifs is 12. The lowest BCUT2D eigenvalue weighted by Crippen LogP contribution is -2.37. The first-order valence-electron chi connectivity index (χ1n) is 44.0. The zero-order valence-electron chi connectivity index (χ0n) is 77.3. The highest BCUT2D eigenvalue weighted by Crippen LogP contribution is 2.49. The van der Waals surface area contributed by atoms with Crippen molar-refractivity contribution in [2.24, 2.45) is 38.9 Å². The number of aromatic nitrogens is 14. The number of para-hydroxylation sites is 4. The molecule has 0 radical (unpaired) electrons. The summed E-state index contributed by atoms with van der Waals surface area (Å²) in [7, 11) is 18.1. The molecule has 38 nitrogen and oxygen atoms in total. The van der Waals surface area contributed by atoms with Crippen molar-refractivity contribution in [1.29, 1.82) is 0 Å². The Hall–Kier alpha value is -16.2. The summed E-state index contributed by atoms with van der Waals surface area (Å²) in [4.78, 5) is 111. The molecule has 0 saturated heterocycles. The molecule has 2 atom stereocenters. The second kappa shape index (κ2) is 38.1. The number of aliphatic hydroxyl groups is 1. The summed E-state index contributed by atoms with van der Waals surface area (Å²) in [6.45, 7) is 13.7. The first kappa shape index (κ1) is 91.2. The average Bonchev–Trinajstić information content (AvgIpc) is 1.51. The third-order valence-electron chi connectivity index (χ3n) is 23.5. The van der Waals surface area contributed by atoms with E-state index in [4.69, 9.17) is 9.84 Å². The smallest absolute Gasteiger partial charge is 0.273 e. The number of nitrogens with zero attached hydrogens (tertiary/aromatic N) is 17. The maximum Gasteiger partial charge on any atom is 0.273 e. The normalized spacial score (nSPS) is 14.3. The van der Waals surface area contributed by atoms with Gasteiger partial charge in [0.2, 0.25) is 11.8 Å². The van der Waals surface area contributed by atoms with Crippen LogP contribution in [0.1, 0.15) is 129 Å². The van der Waals surface area contributed by atoms with E-state index in [1.54, 1.807) is 56.3 Å². The Morgan fingerprint density at radius 1 is 0.448 bits per heavy atom. The van der Waals surface area contributed by atoms with Crippen LogP contribution < -0.4 is 83.2 Å². The topological polar surface area (TPSA) is 452 Å². The molecule has 0 spiro atoms. The predicted molar refractivity (Wildman–Crippen MR) is 515 cm³/mol. The lowest BCUT2D eigenvalue weighted by molar-refractivity contribution is -0.130. The van der Waals surface area contributed by atoms with Crippen LogP contribution in [0.2, 0.25) is 0 Å². The number of hydrogen-bond acceptors (Lipinski definition) is 27. The number of ether oxygens (including phenoxy) is 1. The first-order chi connectivity index (χ1) is 64.3. The first-order valence-corrected chi connectivity index (χ1v) is 44.0. The molecule has 2 aliphatic carbocycles. The monoisotopic (exact) mass is 1810 g/mol. The van der Waals surface area contributed by atoms with Crippen LogP contribution in [0.4, 0.5) is 91.7 Å². The van der Waals surface area contributed by atoms with E-state index >= 15 is 0 Å². The van der Waals surface area contributed by atoms with Gasteiger partial charge in [-0.25, -0.2) is 19.9 Å². The molecule has 9 aromatic heterocycles. The number of anilines is 16. The van der Waals surface area contributed by atoms with E-state index in [2.05, 4.69) is 163 Å². The van der Waals surface area contributed by atoms with E-state index in [0.29, 0.717) is 93.2 Å². The van der Waals surface area contributed by atoms with E-state index in [1.165, 1.54) is 50.6 Å². The number of carbonyl (C=O) groups excluding carboxylic acids is 7. The summed E-state index contributed by atoms with van der Waals surface area (Å²) >= 11 is 0. The summed E-state index contributed by atoms with van der Waals surface area (Å²) in [5.74, 6) is 1.42. The van der Waals surface area contributed by atoms with Gasteiger partial charge in [-0.2, -0.15) is 20.4 Å². The van der Waals surface area contributed by atoms with E-state index in [-0.39, 0.29) is 64.8 Å². The van der Waals surface area contributed by atoms with Crippen LogP contribution in [-0.4, -0.2) is 177 Å². The Morgan fingerprint density at radius 2 is 0.858 bits per heavy atom. The average molecular weight is 1810 g/mol. The molecule has 134 heavy (non-hydrogen) atoms. The molecule has 13 N–H and O–H groups in total. The number of carbonyl (C=O) groups is 7. The molecule has 6 aliphatic rings. The molecule has 0 unspecified atom stereocenters. The SMILES string of the molecule is CNC(=O)c1cnc(NC(=O)C(C)(C)O)cc1Nc1cccc2c1N(C)Cc1cn(C)nc1-2.CNC(=O)c1cnc(NC(=O)C2CC2)cc1Nc1cccc2c1N(C)Cc1cn(C(C)C)nc1-2.CNC(=O)c1cnc(NC(=O)[C@H]2C[C@@H]2C)cc1Nc1cccc2c1N(C)Cc1cn(C)nc1-2.CNC(=O)c1nnc(Nc2ccc(C)cn2)cc1Nc1cccc2c1OCCc1cn(C)nc1-2. The molecule has 13 heterocycles. The van der Waals surface area contributed by atoms with Gasteiger partial charge in [0.1, 0.15) is 28.9 Å². The van der Waals surface area contributed by atoms with Crippen molar-refractivity contribution in [2.45, 2.75) is 98.5 Å². The number of hydrogen-bond donors (Lipinski definition) is 13. The van der Waals surface area contributed by atoms with E-state index in [9.17, 15) is 38.7 Å². The number of benzene rings is 4. The lowest BCUT2D eigenvalue weighted by atomic mass is 9.99. The van der Waals surface area contributed by atoms with Gasteiger partial charge in [-0.1, -0.05) is 55.5 Å². The number of aryl methyl sites for hydroxylation is 4. The van der Waals surface area contributed by atoms with Crippen LogP contribution in [0.5, 0.6) is 5.75 Å². The van der Waals surface area contributed by atoms with Gasteiger partial charge in [0, 0.05) is 233 Å². The maximum atomic E-state index is 12.6. The Bertz CT molecular complexity index is 6740. The minimum absolute atomic E-state index is 0.0313. The van der Waals surface area contributed by atoms with Crippen molar-refractivity contribution in [1.82, 2.24) is 90.5 Å². The fourth-order valence-electron chi connectivity index (χ4n) is 16.4. The van der Waals surface area contributed by atoms with E-state index in [1.807, 2.05) is 155 Å². The van der Waals surface area contributed by atoms with Crippen LogP contribution in [0.25, 0.3) is 45.0 Å². The second-order valence-corrected chi connectivity index (χ2v) is 34.6. The van der Waals surface area contributed by atoms with Crippen molar-refractivity contribution < 1.29 is 43.4 Å². The molecule has 2 fully saturated rings. The number of amides is 7.